The Hall–Kier alpha value is -2.80. The molecule has 0 aliphatic rings. The van der Waals surface area contributed by atoms with Crippen LogP contribution in [0.25, 0.3) is 0 Å². The molecule has 0 fully saturated rings. The molecular weight excluding hydrogens is 288 g/mol. The number of benzene rings is 2. The fourth-order valence-corrected chi connectivity index (χ4v) is 2.49. The lowest BCUT2D eigenvalue weighted by molar-refractivity contribution is -0.140. The summed E-state index contributed by atoms with van der Waals surface area (Å²) in [6, 6.07) is 17.5. The minimum absolute atomic E-state index is 0.350. The summed E-state index contributed by atoms with van der Waals surface area (Å²) in [6.07, 6.45) is 0. The first-order valence-corrected chi connectivity index (χ1v) is 7.54. The average molecular weight is 308 g/mol. The molecule has 2 rings (SSSR count). The number of carboxylic acids is 1. The van der Waals surface area contributed by atoms with Crippen LogP contribution >= 0.6 is 0 Å². The lowest BCUT2D eigenvalue weighted by Gasteiger charge is -2.28. The number of anilines is 1. The van der Waals surface area contributed by atoms with Crippen LogP contribution in [0, 0.1) is 24.2 Å². The molecule has 1 N–H and O–H groups in total. The molecule has 1 atom stereocenters. The van der Waals surface area contributed by atoms with Crippen molar-refractivity contribution in [3.05, 3.63) is 65.2 Å². The van der Waals surface area contributed by atoms with Crippen LogP contribution < -0.4 is 4.90 Å². The molecular formula is C19H20N2O2. The summed E-state index contributed by atoms with van der Waals surface area (Å²) in [5, 5.41) is 18.6. The molecule has 0 heterocycles. The highest BCUT2D eigenvalue weighted by Gasteiger charge is 2.19. The SMILES string of the molecule is Cc1ccccc1CN(CC(C)C(=O)O)c1ccccc1C#N. The highest BCUT2D eigenvalue weighted by atomic mass is 16.4. The standard InChI is InChI=1S/C19H20N2O2/c1-14-7-3-4-9-17(14)13-21(12-15(2)19(22)23)18-10-6-5-8-16(18)11-20/h3-10,15H,12-13H2,1-2H3,(H,22,23). The second-order valence-corrected chi connectivity index (χ2v) is 5.68. The van der Waals surface area contributed by atoms with E-state index in [1.807, 2.05) is 54.3 Å². The van der Waals surface area contributed by atoms with Gasteiger partial charge in [0.1, 0.15) is 6.07 Å². The minimum atomic E-state index is -0.839. The van der Waals surface area contributed by atoms with Gasteiger partial charge in [0, 0.05) is 13.1 Å². The van der Waals surface area contributed by atoms with Gasteiger partial charge in [-0.05, 0) is 30.2 Å². The van der Waals surface area contributed by atoms with Crippen LogP contribution in [0.3, 0.4) is 0 Å². The van der Waals surface area contributed by atoms with Gasteiger partial charge in [0.25, 0.3) is 0 Å². The molecule has 4 nitrogen and oxygen atoms in total. The molecule has 0 radical (unpaired) electrons. The van der Waals surface area contributed by atoms with E-state index in [0.29, 0.717) is 18.7 Å². The van der Waals surface area contributed by atoms with Gasteiger partial charge in [0.05, 0.1) is 17.2 Å². The summed E-state index contributed by atoms with van der Waals surface area (Å²) in [6.45, 7) is 4.64. The van der Waals surface area contributed by atoms with Crippen LogP contribution in [0.1, 0.15) is 23.6 Å². The number of hydrogen-bond donors (Lipinski definition) is 1. The van der Waals surface area contributed by atoms with Gasteiger partial charge >= 0.3 is 5.97 Å². The smallest absolute Gasteiger partial charge is 0.308 e. The number of carbonyl (C=O) groups is 1. The van der Waals surface area contributed by atoms with Gasteiger partial charge in [-0.2, -0.15) is 5.26 Å². The number of nitrogens with zero attached hydrogens (tertiary/aromatic N) is 2. The van der Waals surface area contributed by atoms with Crippen molar-refractivity contribution in [2.24, 2.45) is 5.92 Å². The van der Waals surface area contributed by atoms with Crippen LogP contribution in [-0.2, 0) is 11.3 Å². The Kier molecular flexibility index (Phi) is 5.37. The summed E-state index contributed by atoms with van der Waals surface area (Å²) in [5.41, 5.74) is 3.60. The highest BCUT2D eigenvalue weighted by molar-refractivity contribution is 5.71. The van der Waals surface area contributed by atoms with E-state index in [1.54, 1.807) is 13.0 Å². The molecule has 2 aromatic carbocycles. The fraction of sp³-hybridized carbons (Fsp3) is 0.263. The van der Waals surface area contributed by atoms with Gasteiger partial charge < -0.3 is 10.0 Å². The molecule has 0 saturated carbocycles. The van der Waals surface area contributed by atoms with Crippen LogP contribution in [0.2, 0.25) is 0 Å². The van der Waals surface area contributed by atoms with Crippen molar-refractivity contribution in [3.8, 4) is 6.07 Å². The third-order valence-electron chi connectivity index (χ3n) is 3.90. The Morgan fingerprint density at radius 1 is 1.22 bits per heavy atom. The molecule has 1 unspecified atom stereocenters. The molecule has 23 heavy (non-hydrogen) atoms. The summed E-state index contributed by atoms with van der Waals surface area (Å²) in [7, 11) is 0. The van der Waals surface area contributed by atoms with Gasteiger partial charge in [-0.1, -0.05) is 43.3 Å². The third-order valence-corrected chi connectivity index (χ3v) is 3.90. The van der Waals surface area contributed by atoms with Gasteiger partial charge in [-0.3, -0.25) is 4.79 Å². The van der Waals surface area contributed by atoms with Crippen molar-refractivity contribution in [2.75, 3.05) is 11.4 Å². The quantitative estimate of drug-likeness (QED) is 0.885. The second kappa shape index (κ2) is 7.46. The lowest BCUT2D eigenvalue weighted by Crippen LogP contribution is -2.32. The number of rotatable bonds is 6. The first kappa shape index (κ1) is 16.6. The summed E-state index contributed by atoms with van der Waals surface area (Å²) < 4.78 is 0. The molecule has 118 valence electrons. The Labute approximate surface area is 136 Å². The van der Waals surface area contributed by atoms with Crippen molar-refractivity contribution in [1.29, 1.82) is 5.26 Å². The molecule has 2 aromatic rings. The van der Waals surface area contributed by atoms with Gasteiger partial charge in [0.2, 0.25) is 0 Å². The van der Waals surface area contributed by atoms with Crippen LogP contribution in [0.4, 0.5) is 5.69 Å². The van der Waals surface area contributed by atoms with E-state index in [4.69, 9.17) is 0 Å². The fourth-order valence-electron chi connectivity index (χ4n) is 2.49. The van der Waals surface area contributed by atoms with Crippen LogP contribution in [0.5, 0.6) is 0 Å². The van der Waals surface area contributed by atoms with Crippen molar-refractivity contribution in [1.82, 2.24) is 0 Å². The van der Waals surface area contributed by atoms with E-state index >= 15 is 0 Å². The second-order valence-electron chi connectivity index (χ2n) is 5.68. The molecule has 4 heteroatoms. The Morgan fingerprint density at radius 2 is 1.87 bits per heavy atom. The summed E-state index contributed by atoms with van der Waals surface area (Å²) in [5.74, 6) is -1.36. The maximum Gasteiger partial charge on any atom is 0.308 e. The summed E-state index contributed by atoms with van der Waals surface area (Å²) in [4.78, 5) is 13.2. The monoisotopic (exact) mass is 308 g/mol. The number of para-hydroxylation sites is 1. The Morgan fingerprint density at radius 3 is 2.52 bits per heavy atom. The molecule has 0 spiro atoms. The van der Waals surface area contributed by atoms with Crippen LogP contribution in [0.15, 0.2) is 48.5 Å². The Bertz CT molecular complexity index is 734. The third kappa shape index (κ3) is 4.10. The predicted molar refractivity (Wildman–Crippen MR) is 90.2 cm³/mol. The predicted octanol–water partition coefficient (Wildman–Crippen LogP) is 3.59. The first-order chi connectivity index (χ1) is 11.0. The zero-order valence-corrected chi connectivity index (χ0v) is 13.4. The zero-order valence-electron chi connectivity index (χ0n) is 13.4. The maximum atomic E-state index is 11.2. The molecule has 0 aromatic heterocycles. The number of nitriles is 1. The zero-order chi connectivity index (χ0) is 16.8. The molecule has 0 aliphatic carbocycles. The van der Waals surface area contributed by atoms with Crippen molar-refractivity contribution in [2.45, 2.75) is 20.4 Å². The lowest BCUT2D eigenvalue weighted by atomic mass is 10.1. The van der Waals surface area contributed by atoms with Crippen molar-refractivity contribution >= 4 is 11.7 Å². The van der Waals surface area contributed by atoms with Gasteiger partial charge in [0.15, 0.2) is 0 Å². The van der Waals surface area contributed by atoms with Crippen LogP contribution in [-0.4, -0.2) is 17.6 Å². The van der Waals surface area contributed by atoms with E-state index in [-0.39, 0.29) is 0 Å². The number of carboxylic acid groups (broad SMARTS) is 1. The number of aliphatic carboxylic acids is 1. The topological polar surface area (TPSA) is 64.3 Å². The van der Waals surface area contributed by atoms with E-state index in [1.165, 1.54) is 0 Å². The van der Waals surface area contributed by atoms with E-state index in [0.717, 1.165) is 16.8 Å². The molecule has 0 amide bonds. The normalized spacial score (nSPS) is 11.5. The van der Waals surface area contributed by atoms with Gasteiger partial charge in [-0.25, -0.2) is 0 Å². The van der Waals surface area contributed by atoms with E-state index < -0.39 is 11.9 Å². The minimum Gasteiger partial charge on any atom is -0.481 e. The molecule has 0 saturated heterocycles. The van der Waals surface area contributed by atoms with E-state index in [2.05, 4.69) is 6.07 Å². The molecule has 0 bridgehead atoms. The van der Waals surface area contributed by atoms with E-state index in [9.17, 15) is 15.2 Å². The van der Waals surface area contributed by atoms with Gasteiger partial charge in [-0.15, -0.1) is 0 Å². The largest absolute Gasteiger partial charge is 0.481 e. The van der Waals surface area contributed by atoms with Crippen molar-refractivity contribution < 1.29 is 9.90 Å². The average Bonchev–Trinajstić information content (AvgIpc) is 2.56. The number of aryl methyl sites for hydroxylation is 1. The van der Waals surface area contributed by atoms with Crippen molar-refractivity contribution in [3.63, 3.8) is 0 Å². The number of hydrogen-bond acceptors (Lipinski definition) is 3. The first-order valence-electron chi connectivity index (χ1n) is 7.54. The summed E-state index contributed by atoms with van der Waals surface area (Å²) >= 11 is 0. The highest BCUT2D eigenvalue weighted by Crippen LogP contribution is 2.24. The Balaban J connectivity index is 2.38. The molecule has 0 aliphatic heterocycles. The maximum absolute atomic E-state index is 11.2.